The highest BCUT2D eigenvalue weighted by Crippen LogP contribution is 2.26. The molecule has 0 aliphatic rings. The fraction of sp³-hybridized carbons (Fsp3) is 0.357. The van der Waals surface area contributed by atoms with Gasteiger partial charge in [-0.1, -0.05) is 11.6 Å². The lowest BCUT2D eigenvalue weighted by atomic mass is 10.1. The van der Waals surface area contributed by atoms with Gasteiger partial charge >= 0.3 is 0 Å². The van der Waals surface area contributed by atoms with Crippen molar-refractivity contribution in [3.05, 3.63) is 44.4 Å². The molecule has 1 aromatic heterocycles. The Bertz CT molecular complexity index is 545. The van der Waals surface area contributed by atoms with E-state index in [0.29, 0.717) is 6.61 Å². The molecule has 0 saturated heterocycles. The van der Waals surface area contributed by atoms with E-state index in [1.807, 2.05) is 31.4 Å². The number of aliphatic hydroxyl groups is 1. The SMILES string of the molecule is Cc1cc(OCCc2nc(CO)cs2)cc(C)c1Cl. The lowest BCUT2D eigenvalue weighted by molar-refractivity contribution is 0.277. The van der Waals surface area contributed by atoms with Gasteiger partial charge < -0.3 is 9.84 Å². The molecule has 0 spiro atoms. The normalized spacial score (nSPS) is 10.7. The van der Waals surface area contributed by atoms with Gasteiger partial charge in [0, 0.05) is 16.8 Å². The van der Waals surface area contributed by atoms with E-state index in [2.05, 4.69) is 4.98 Å². The predicted molar refractivity (Wildman–Crippen MR) is 78.2 cm³/mol. The van der Waals surface area contributed by atoms with Crippen molar-refractivity contribution in [1.29, 1.82) is 0 Å². The van der Waals surface area contributed by atoms with E-state index in [0.717, 1.165) is 39.0 Å². The molecule has 1 N–H and O–H groups in total. The van der Waals surface area contributed by atoms with Crippen LogP contribution in [0.25, 0.3) is 0 Å². The van der Waals surface area contributed by atoms with Crippen molar-refractivity contribution < 1.29 is 9.84 Å². The van der Waals surface area contributed by atoms with Crippen molar-refractivity contribution in [2.75, 3.05) is 6.61 Å². The van der Waals surface area contributed by atoms with Crippen LogP contribution in [0.15, 0.2) is 17.5 Å². The molecule has 0 saturated carbocycles. The van der Waals surface area contributed by atoms with E-state index in [4.69, 9.17) is 21.4 Å². The lowest BCUT2D eigenvalue weighted by Crippen LogP contribution is -2.02. The van der Waals surface area contributed by atoms with Gasteiger partial charge in [-0.15, -0.1) is 11.3 Å². The van der Waals surface area contributed by atoms with Crippen molar-refractivity contribution in [1.82, 2.24) is 4.98 Å². The Morgan fingerprint density at radius 2 is 2.00 bits per heavy atom. The number of hydrogen-bond donors (Lipinski definition) is 1. The molecule has 0 amide bonds. The summed E-state index contributed by atoms with van der Waals surface area (Å²) in [5.41, 5.74) is 2.76. The number of aliphatic hydroxyl groups excluding tert-OH is 1. The Kier molecular flexibility index (Phi) is 4.80. The molecule has 19 heavy (non-hydrogen) atoms. The van der Waals surface area contributed by atoms with Crippen LogP contribution in [0.2, 0.25) is 5.02 Å². The number of ether oxygens (including phenoxy) is 1. The molecular formula is C14H16ClNO2S. The van der Waals surface area contributed by atoms with Crippen molar-refractivity contribution in [2.45, 2.75) is 26.9 Å². The van der Waals surface area contributed by atoms with Crippen LogP contribution in [0.3, 0.4) is 0 Å². The zero-order valence-electron chi connectivity index (χ0n) is 10.9. The Hall–Kier alpha value is -1.10. The molecule has 0 aliphatic carbocycles. The Balaban J connectivity index is 1.92. The molecule has 0 fully saturated rings. The maximum Gasteiger partial charge on any atom is 0.119 e. The number of hydrogen-bond acceptors (Lipinski definition) is 4. The Morgan fingerprint density at radius 1 is 1.32 bits per heavy atom. The number of nitrogens with zero attached hydrogens (tertiary/aromatic N) is 1. The van der Waals surface area contributed by atoms with Crippen LogP contribution in [0, 0.1) is 13.8 Å². The first-order valence-corrected chi connectivity index (χ1v) is 7.29. The lowest BCUT2D eigenvalue weighted by Gasteiger charge is -2.09. The van der Waals surface area contributed by atoms with Crippen molar-refractivity contribution in [2.24, 2.45) is 0 Å². The first kappa shape index (κ1) is 14.3. The molecule has 0 unspecified atom stereocenters. The van der Waals surface area contributed by atoms with Gasteiger partial charge in [0.15, 0.2) is 0 Å². The minimum absolute atomic E-state index is 0.00701. The van der Waals surface area contributed by atoms with Gasteiger partial charge in [0.25, 0.3) is 0 Å². The maximum atomic E-state index is 8.94. The van der Waals surface area contributed by atoms with Crippen LogP contribution in [0.1, 0.15) is 21.8 Å². The first-order chi connectivity index (χ1) is 9.10. The minimum atomic E-state index is -0.00701. The van der Waals surface area contributed by atoms with Crippen LogP contribution < -0.4 is 4.74 Å². The summed E-state index contributed by atoms with van der Waals surface area (Å²) in [6, 6.07) is 3.88. The zero-order chi connectivity index (χ0) is 13.8. The molecule has 102 valence electrons. The zero-order valence-corrected chi connectivity index (χ0v) is 12.5. The third-order valence-corrected chi connectivity index (χ3v) is 4.31. The van der Waals surface area contributed by atoms with Crippen LogP contribution in [0.5, 0.6) is 5.75 Å². The fourth-order valence-electron chi connectivity index (χ4n) is 1.78. The predicted octanol–water partition coefficient (Wildman–Crippen LogP) is 3.53. The van der Waals surface area contributed by atoms with Gasteiger partial charge in [-0.2, -0.15) is 0 Å². The highest BCUT2D eigenvalue weighted by Gasteiger charge is 2.05. The number of aryl methyl sites for hydroxylation is 2. The smallest absolute Gasteiger partial charge is 0.119 e. The molecule has 1 heterocycles. The third kappa shape index (κ3) is 3.69. The maximum absolute atomic E-state index is 8.94. The molecule has 0 bridgehead atoms. The molecular weight excluding hydrogens is 282 g/mol. The second-order valence-electron chi connectivity index (χ2n) is 4.36. The Labute approximate surface area is 121 Å². The van der Waals surface area contributed by atoms with E-state index in [1.165, 1.54) is 0 Å². The molecule has 3 nitrogen and oxygen atoms in total. The third-order valence-electron chi connectivity index (χ3n) is 2.76. The monoisotopic (exact) mass is 297 g/mol. The molecule has 0 radical (unpaired) electrons. The van der Waals surface area contributed by atoms with Crippen LogP contribution in [0.4, 0.5) is 0 Å². The molecule has 2 rings (SSSR count). The summed E-state index contributed by atoms with van der Waals surface area (Å²) in [4.78, 5) is 4.28. The van der Waals surface area contributed by atoms with Crippen molar-refractivity contribution in [3.63, 3.8) is 0 Å². The molecule has 2 aromatic rings. The van der Waals surface area contributed by atoms with Gasteiger partial charge in [0.05, 0.1) is 23.9 Å². The first-order valence-electron chi connectivity index (χ1n) is 6.04. The summed E-state index contributed by atoms with van der Waals surface area (Å²) in [5.74, 6) is 0.832. The minimum Gasteiger partial charge on any atom is -0.493 e. The standard InChI is InChI=1S/C14H16ClNO2S/c1-9-5-12(6-10(2)14(9)15)18-4-3-13-16-11(7-17)8-19-13/h5-6,8,17H,3-4,7H2,1-2H3. The highest BCUT2D eigenvalue weighted by molar-refractivity contribution is 7.09. The van der Waals surface area contributed by atoms with Gasteiger partial charge in [0.2, 0.25) is 0 Å². The summed E-state index contributed by atoms with van der Waals surface area (Å²) in [6.45, 7) is 4.50. The largest absolute Gasteiger partial charge is 0.493 e. The fourth-order valence-corrected chi connectivity index (χ4v) is 2.66. The molecule has 0 atom stereocenters. The van der Waals surface area contributed by atoms with Crippen molar-refractivity contribution >= 4 is 22.9 Å². The number of benzene rings is 1. The van der Waals surface area contributed by atoms with E-state index < -0.39 is 0 Å². The van der Waals surface area contributed by atoms with E-state index in [1.54, 1.807) is 11.3 Å². The molecule has 5 heteroatoms. The number of rotatable bonds is 5. The molecule has 1 aromatic carbocycles. The van der Waals surface area contributed by atoms with E-state index in [9.17, 15) is 0 Å². The van der Waals surface area contributed by atoms with E-state index >= 15 is 0 Å². The van der Waals surface area contributed by atoms with Crippen LogP contribution in [-0.4, -0.2) is 16.7 Å². The quantitative estimate of drug-likeness (QED) is 0.918. The summed E-state index contributed by atoms with van der Waals surface area (Å²) < 4.78 is 5.72. The number of aromatic nitrogens is 1. The van der Waals surface area contributed by atoms with Gasteiger partial charge in [-0.3, -0.25) is 0 Å². The van der Waals surface area contributed by atoms with Gasteiger partial charge in [-0.05, 0) is 37.1 Å². The van der Waals surface area contributed by atoms with Gasteiger partial charge in [-0.25, -0.2) is 4.98 Å². The van der Waals surface area contributed by atoms with Crippen LogP contribution in [-0.2, 0) is 13.0 Å². The summed E-state index contributed by atoms with van der Waals surface area (Å²) in [5, 5.41) is 12.6. The highest BCUT2D eigenvalue weighted by atomic mass is 35.5. The average molecular weight is 298 g/mol. The topological polar surface area (TPSA) is 42.4 Å². The average Bonchev–Trinajstić information content (AvgIpc) is 2.84. The molecule has 0 aliphatic heterocycles. The van der Waals surface area contributed by atoms with Crippen LogP contribution >= 0.6 is 22.9 Å². The summed E-state index contributed by atoms with van der Waals surface area (Å²) in [7, 11) is 0. The second kappa shape index (κ2) is 6.37. The van der Waals surface area contributed by atoms with Gasteiger partial charge in [0.1, 0.15) is 5.75 Å². The summed E-state index contributed by atoms with van der Waals surface area (Å²) >= 11 is 7.66. The van der Waals surface area contributed by atoms with Crippen molar-refractivity contribution in [3.8, 4) is 5.75 Å². The van der Waals surface area contributed by atoms with E-state index in [-0.39, 0.29) is 6.61 Å². The number of thiazole rings is 1. The summed E-state index contributed by atoms with van der Waals surface area (Å²) in [6.07, 6.45) is 0.741. The Morgan fingerprint density at radius 3 is 2.58 bits per heavy atom. The number of halogens is 1. The second-order valence-corrected chi connectivity index (χ2v) is 5.68.